The normalized spacial score (nSPS) is 21.1. The number of halogens is 1. The molecule has 1 aromatic rings. The number of hydrogen-bond acceptors (Lipinski definition) is 3. The van der Waals surface area contributed by atoms with Crippen molar-refractivity contribution in [3.05, 3.63) is 28.8 Å². The molecule has 4 nitrogen and oxygen atoms in total. The van der Waals surface area contributed by atoms with Crippen molar-refractivity contribution in [1.82, 2.24) is 4.90 Å². The van der Waals surface area contributed by atoms with Crippen LogP contribution < -0.4 is 4.90 Å². The molecule has 21 heavy (non-hydrogen) atoms. The van der Waals surface area contributed by atoms with E-state index in [1.165, 1.54) is 11.3 Å². The lowest BCUT2D eigenvalue weighted by Crippen LogP contribution is -2.58. The van der Waals surface area contributed by atoms with Gasteiger partial charge in [0.2, 0.25) is 5.91 Å². The molecule has 5 heteroatoms. The van der Waals surface area contributed by atoms with Gasteiger partial charge in [0.25, 0.3) is 0 Å². The number of ether oxygens (including phenoxy) is 1. The quantitative estimate of drug-likeness (QED) is 0.840. The molecule has 1 aromatic carbocycles. The molecule has 3 rings (SSSR count). The Morgan fingerprint density at radius 1 is 1.24 bits per heavy atom. The van der Waals surface area contributed by atoms with Crippen LogP contribution >= 0.6 is 11.6 Å². The van der Waals surface area contributed by atoms with Crippen molar-refractivity contribution in [1.29, 1.82) is 0 Å². The van der Waals surface area contributed by atoms with E-state index in [0.717, 1.165) is 31.2 Å². The molecule has 0 bridgehead atoms. The zero-order chi connectivity index (χ0) is 15.0. The molecule has 2 heterocycles. The molecular formula is C16H21ClN2O2. The maximum Gasteiger partial charge on any atom is 0.233 e. The summed E-state index contributed by atoms with van der Waals surface area (Å²) in [5, 5.41) is 0.758. The van der Waals surface area contributed by atoms with Crippen molar-refractivity contribution in [3.63, 3.8) is 0 Å². The summed E-state index contributed by atoms with van der Waals surface area (Å²) < 4.78 is 5.20. The van der Waals surface area contributed by atoms with Gasteiger partial charge < -0.3 is 14.5 Å². The van der Waals surface area contributed by atoms with Gasteiger partial charge in [-0.05, 0) is 31.5 Å². The van der Waals surface area contributed by atoms with Gasteiger partial charge in [0, 0.05) is 36.9 Å². The van der Waals surface area contributed by atoms with Gasteiger partial charge in [-0.3, -0.25) is 4.79 Å². The van der Waals surface area contributed by atoms with Crippen LogP contribution in [0.5, 0.6) is 0 Å². The first-order valence-electron chi connectivity index (χ1n) is 7.38. The molecule has 2 fully saturated rings. The zero-order valence-corrected chi connectivity index (χ0v) is 13.3. The van der Waals surface area contributed by atoms with Crippen LogP contribution in [0.3, 0.4) is 0 Å². The number of hydrogen-bond donors (Lipinski definition) is 0. The number of nitrogens with zero attached hydrogens (tertiary/aromatic N) is 2. The summed E-state index contributed by atoms with van der Waals surface area (Å²) >= 11 is 6.10. The molecule has 2 saturated heterocycles. The Morgan fingerprint density at radius 3 is 2.48 bits per heavy atom. The van der Waals surface area contributed by atoms with E-state index in [2.05, 4.69) is 11.8 Å². The highest BCUT2D eigenvalue weighted by molar-refractivity contribution is 6.30. The Hall–Kier alpha value is -1.26. The lowest BCUT2D eigenvalue weighted by atomic mass is 9.86. The lowest BCUT2D eigenvalue weighted by molar-refractivity contribution is -0.169. The molecule has 0 aromatic heterocycles. The van der Waals surface area contributed by atoms with E-state index in [9.17, 15) is 4.79 Å². The maximum atomic E-state index is 12.5. The summed E-state index contributed by atoms with van der Waals surface area (Å²) in [5.74, 6) is 0.233. The summed E-state index contributed by atoms with van der Waals surface area (Å²) in [7, 11) is 0. The topological polar surface area (TPSA) is 32.8 Å². The van der Waals surface area contributed by atoms with Crippen LogP contribution in [0.4, 0.5) is 5.69 Å². The van der Waals surface area contributed by atoms with E-state index < -0.39 is 0 Å². The highest BCUT2D eigenvalue weighted by Gasteiger charge is 2.44. The van der Waals surface area contributed by atoms with Crippen LogP contribution in [0.2, 0.25) is 5.02 Å². The predicted octanol–water partition coefficient (Wildman–Crippen LogP) is 2.33. The van der Waals surface area contributed by atoms with Crippen molar-refractivity contribution < 1.29 is 9.53 Å². The first-order chi connectivity index (χ1) is 9.99. The van der Waals surface area contributed by atoms with Gasteiger partial charge in [-0.2, -0.15) is 0 Å². The fourth-order valence-electron chi connectivity index (χ4n) is 2.99. The van der Waals surface area contributed by atoms with Crippen LogP contribution in [0.1, 0.15) is 12.5 Å². The monoisotopic (exact) mass is 308 g/mol. The third kappa shape index (κ3) is 2.74. The molecule has 0 radical (unpaired) electrons. The summed E-state index contributed by atoms with van der Waals surface area (Å²) in [6.07, 6.45) is 0. The van der Waals surface area contributed by atoms with E-state index in [-0.39, 0.29) is 11.3 Å². The molecular weight excluding hydrogens is 288 g/mol. The van der Waals surface area contributed by atoms with Crippen molar-refractivity contribution >= 4 is 23.2 Å². The molecule has 0 unspecified atom stereocenters. The average molecular weight is 309 g/mol. The number of rotatable bonds is 2. The third-order valence-corrected chi connectivity index (χ3v) is 4.67. The summed E-state index contributed by atoms with van der Waals surface area (Å²) in [4.78, 5) is 16.8. The fourth-order valence-corrected chi connectivity index (χ4v) is 3.15. The van der Waals surface area contributed by atoms with Crippen molar-refractivity contribution in [2.45, 2.75) is 13.8 Å². The van der Waals surface area contributed by atoms with Crippen LogP contribution in [-0.4, -0.2) is 50.2 Å². The number of amides is 1. The summed E-state index contributed by atoms with van der Waals surface area (Å²) in [6.45, 7) is 8.43. The highest BCUT2D eigenvalue weighted by Crippen LogP contribution is 2.30. The SMILES string of the molecule is Cc1ccc(Cl)cc1N1CCN(C(=O)C2(C)COC2)CC1. The molecule has 1 amide bonds. The largest absolute Gasteiger partial charge is 0.379 e. The minimum absolute atomic E-state index is 0.233. The second-order valence-corrected chi connectivity index (χ2v) is 6.70. The molecule has 0 aliphatic carbocycles. The van der Waals surface area contributed by atoms with Gasteiger partial charge in [0.05, 0.1) is 18.6 Å². The molecule has 0 N–H and O–H groups in total. The van der Waals surface area contributed by atoms with Gasteiger partial charge in [-0.25, -0.2) is 0 Å². The second kappa shape index (κ2) is 5.50. The Kier molecular flexibility index (Phi) is 3.84. The van der Waals surface area contributed by atoms with Crippen LogP contribution in [0.15, 0.2) is 18.2 Å². The molecule has 114 valence electrons. The Labute approximate surface area is 130 Å². The number of aryl methyl sites for hydroxylation is 1. The highest BCUT2D eigenvalue weighted by atomic mass is 35.5. The minimum Gasteiger partial charge on any atom is -0.379 e. The molecule has 2 aliphatic rings. The van der Waals surface area contributed by atoms with Crippen molar-refractivity contribution in [2.24, 2.45) is 5.41 Å². The Balaban J connectivity index is 1.65. The predicted molar refractivity (Wildman–Crippen MR) is 83.9 cm³/mol. The number of carbonyl (C=O) groups excluding carboxylic acids is 1. The van der Waals surface area contributed by atoms with Gasteiger partial charge in [-0.15, -0.1) is 0 Å². The minimum atomic E-state index is -0.297. The van der Waals surface area contributed by atoms with E-state index in [1.54, 1.807) is 0 Å². The van der Waals surface area contributed by atoms with Crippen LogP contribution in [-0.2, 0) is 9.53 Å². The van der Waals surface area contributed by atoms with E-state index in [0.29, 0.717) is 13.2 Å². The number of carbonyl (C=O) groups is 1. The third-order valence-electron chi connectivity index (χ3n) is 4.44. The molecule has 2 aliphatic heterocycles. The van der Waals surface area contributed by atoms with Gasteiger partial charge >= 0.3 is 0 Å². The Morgan fingerprint density at radius 2 is 1.90 bits per heavy atom. The molecule has 0 spiro atoms. The summed E-state index contributed by atoms with van der Waals surface area (Å²) in [6, 6.07) is 5.97. The Bertz CT molecular complexity index is 549. The lowest BCUT2D eigenvalue weighted by Gasteiger charge is -2.44. The van der Waals surface area contributed by atoms with Gasteiger partial charge in [-0.1, -0.05) is 17.7 Å². The summed E-state index contributed by atoms with van der Waals surface area (Å²) in [5.41, 5.74) is 2.10. The molecule has 0 atom stereocenters. The molecule has 0 saturated carbocycles. The first-order valence-corrected chi connectivity index (χ1v) is 7.76. The standard InChI is InChI=1S/C16H21ClN2O2/c1-12-3-4-13(17)9-14(12)18-5-7-19(8-6-18)15(20)16(2)10-21-11-16/h3-4,9H,5-8,10-11H2,1-2H3. The van der Waals surface area contributed by atoms with Crippen molar-refractivity contribution in [2.75, 3.05) is 44.3 Å². The van der Waals surface area contributed by atoms with E-state index in [1.807, 2.05) is 30.0 Å². The number of piperazine rings is 1. The smallest absolute Gasteiger partial charge is 0.233 e. The number of anilines is 1. The fraction of sp³-hybridized carbons (Fsp3) is 0.562. The van der Waals surface area contributed by atoms with Crippen LogP contribution in [0, 0.1) is 12.3 Å². The second-order valence-electron chi connectivity index (χ2n) is 6.26. The van der Waals surface area contributed by atoms with Crippen molar-refractivity contribution in [3.8, 4) is 0 Å². The number of benzene rings is 1. The van der Waals surface area contributed by atoms with Crippen LogP contribution in [0.25, 0.3) is 0 Å². The van der Waals surface area contributed by atoms with E-state index >= 15 is 0 Å². The average Bonchev–Trinajstić information content (AvgIpc) is 2.47. The van der Waals surface area contributed by atoms with Gasteiger partial charge in [0.1, 0.15) is 0 Å². The van der Waals surface area contributed by atoms with E-state index in [4.69, 9.17) is 16.3 Å². The zero-order valence-electron chi connectivity index (χ0n) is 12.6. The first kappa shape index (κ1) is 14.7. The van der Waals surface area contributed by atoms with Gasteiger partial charge in [0.15, 0.2) is 0 Å². The maximum absolute atomic E-state index is 12.5.